The van der Waals surface area contributed by atoms with Crippen molar-refractivity contribution in [2.75, 3.05) is 11.9 Å². The van der Waals surface area contributed by atoms with E-state index >= 15 is 0 Å². The van der Waals surface area contributed by atoms with E-state index in [1.165, 1.54) is 12.1 Å². The summed E-state index contributed by atoms with van der Waals surface area (Å²) >= 11 is 6.12. The zero-order valence-electron chi connectivity index (χ0n) is 15.1. The van der Waals surface area contributed by atoms with E-state index in [0.717, 1.165) is 5.69 Å². The lowest BCUT2D eigenvalue weighted by Crippen LogP contribution is -2.25. The number of benzene rings is 1. The van der Waals surface area contributed by atoms with Crippen molar-refractivity contribution in [2.24, 2.45) is 5.92 Å². The van der Waals surface area contributed by atoms with E-state index in [2.05, 4.69) is 10.4 Å². The van der Waals surface area contributed by atoms with Crippen LogP contribution in [0.15, 0.2) is 18.2 Å². The smallest absolute Gasteiger partial charge is 0.296 e. The molecule has 0 aliphatic carbocycles. The molecule has 0 spiro atoms. The number of hydrogen-bond donors (Lipinski definition) is 1. The SMILES string of the molecule is CCOc1ccc(NC(=O)C(C)Cn2nc(C)c(Cl)c2C)c([N+](=O)[O-])c1. The molecule has 0 saturated carbocycles. The van der Waals surface area contributed by atoms with Crippen LogP contribution in [0.3, 0.4) is 0 Å². The Balaban J connectivity index is 2.15. The molecular formula is C17H21ClN4O4. The molecule has 0 radical (unpaired) electrons. The third kappa shape index (κ3) is 4.32. The molecule has 9 heteroatoms. The molecule has 1 heterocycles. The highest BCUT2D eigenvalue weighted by molar-refractivity contribution is 6.31. The largest absolute Gasteiger partial charge is 0.494 e. The molecule has 8 nitrogen and oxygen atoms in total. The highest BCUT2D eigenvalue weighted by atomic mass is 35.5. The summed E-state index contributed by atoms with van der Waals surface area (Å²) in [6, 6.07) is 4.34. The minimum Gasteiger partial charge on any atom is -0.494 e. The first kappa shape index (κ1) is 19.7. The van der Waals surface area contributed by atoms with Gasteiger partial charge in [0.25, 0.3) is 5.69 Å². The minimum absolute atomic E-state index is 0.127. The average Bonchev–Trinajstić information content (AvgIpc) is 2.83. The maximum absolute atomic E-state index is 12.5. The van der Waals surface area contributed by atoms with E-state index in [9.17, 15) is 14.9 Å². The van der Waals surface area contributed by atoms with Gasteiger partial charge in [-0.25, -0.2) is 0 Å². The molecule has 1 aromatic carbocycles. The number of nitro benzene ring substituents is 1. The normalized spacial score (nSPS) is 11.9. The van der Waals surface area contributed by atoms with Crippen molar-refractivity contribution in [1.29, 1.82) is 0 Å². The Morgan fingerprint density at radius 2 is 2.15 bits per heavy atom. The van der Waals surface area contributed by atoms with Crippen molar-refractivity contribution < 1.29 is 14.5 Å². The molecule has 0 aliphatic heterocycles. The van der Waals surface area contributed by atoms with Gasteiger partial charge in [-0.15, -0.1) is 0 Å². The second kappa shape index (κ2) is 8.18. The number of ether oxygens (including phenoxy) is 1. The zero-order valence-corrected chi connectivity index (χ0v) is 15.8. The maximum atomic E-state index is 12.5. The number of nitrogens with one attached hydrogen (secondary N) is 1. The maximum Gasteiger partial charge on any atom is 0.296 e. The Morgan fingerprint density at radius 3 is 2.69 bits per heavy atom. The van der Waals surface area contributed by atoms with Crippen LogP contribution >= 0.6 is 11.6 Å². The number of amides is 1. The molecule has 1 aromatic heterocycles. The van der Waals surface area contributed by atoms with Crippen LogP contribution in [-0.4, -0.2) is 27.2 Å². The third-order valence-corrected chi connectivity index (χ3v) is 4.47. The van der Waals surface area contributed by atoms with E-state index in [1.807, 2.05) is 6.92 Å². The first-order chi connectivity index (χ1) is 12.2. The summed E-state index contributed by atoms with van der Waals surface area (Å²) in [5, 5.41) is 18.8. The molecule has 0 aliphatic rings. The van der Waals surface area contributed by atoms with Crippen molar-refractivity contribution in [2.45, 2.75) is 34.2 Å². The first-order valence-electron chi connectivity index (χ1n) is 8.16. The number of rotatable bonds is 7. The number of carbonyl (C=O) groups is 1. The molecule has 1 unspecified atom stereocenters. The van der Waals surface area contributed by atoms with Gasteiger partial charge < -0.3 is 10.1 Å². The topological polar surface area (TPSA) is 99.3 Å². The van der Waals surface area contributed by atoms with Gasteiger partial charge in [-0.3, -0.25) is 19.6 Å². The van der Waals surface area contributed by atoms with Gasteiger partial charge in [0.15, 0.2) is 0 Å². The van der Waals surface area contributed by atoms with Gasteiger partial charge in [-0.05, 0) is 32.9 Å². The molecule has 0 bridgehead atoms. The highest BCUT2D eigenvalue weighted by Gasteiger charge is 2.22. The molecule has 1 amide bonds. The van der Waals surface area contributed by atoms with E-state index in [1.54, 1.807) is 31.5 Å². The van der Waals surface area contributed by atoms with Gasteiger partial charge in [0.05, 0.1) is 46.5 Å². The summed E-state index contributed by atoms with van der Waals surface area (Å²) in [7, 11) is 0. The molecule has 2 rings (SSSR count). The fourth-order valence-electron chi connectivity index (χ4n) is 2.48. The predicted molar refractivity (Wildman–Crippen MR) is 98.8 cm³/mol. The molecule has 2 aromatic rings. The summed E-state index contributed by atoms with van der Waals surface area (Å²) in [6.07, 6.45) is 0. The number of hydrogen-bond acceptors (Lipinski definition) is 5. The van der Waals surface area contributed by atoms with Crippen molar-refractivity contribution in [3.05, 3.63) is 44.7 Å². The Morgan fingerprint density at radius 1 is 1.46 bits per heavy atom. The Hall–Kier alpha value is -2.61. The fraction of sp³-hybridized carbons (Fsp3) is 0.412. The second-order valence-electron chi connectivity index (χ2n) is 5.93. The molecule has 0 saturated heterocycles. The van der Waals surface area contributed by atoms with Gasteiger partial charge in [0.2, 0.25) is 5.91 Å². The number of carbonyl (C=O) groups excluding carboxylic acids is 1. The van der Waals surface area contributed by atoms with E-state index in [4.69, 9.17) is 16.3 Å². The van der Waals surface area contributed by atoms with Crippen LogP contribution in [0.2, 0.25) is 5.02 Å². The summed E-state index contributed by atoms with van der Waals surface area (Å²) in [5.41, 5.74) is 1.38. The number of anilines is 1. The quantitative estimate of drug-likeness (QED) is 0.582. The summed E-state index contributed by atoms with van der Waals surface area (Å²) < 4.78 is 6.93. The van der Waals surface area contributed by atoms with Crippen molar-refractivity contribution in [3.63, 3.8) is 0 Å². The van der Waals surface area contributed by atoms with Gasteiger partial charge in [0.1, 0.15) is 11.4 Å². The molecule has 140 valence electrons. The monoisotopic (exact) mass is 380 g/mol. The van der Waals surface area contributed by atoms with Gasteiger partial charge in [0, 0.05) is 0 Å². The Labute approximate surface area is 156 Å². The Kier molecular flexibility index (Phi) is 6.20. The van der Waals surface area contributed by atoms with Gasteiger partial charge in [-0.1, -0.05) is 18.5 Å². The molecule has 0 fully saturated rings. The fourth-order valence-corrected chi connectivity index (χ4v) is 2.61. The van der Waals surface area contributed by atoms with Crippen LogP contribution in [0.4, 0.5) is 11.4 Å². The second-order valence-corrected chi connectivity index (χ2v) is 6.30. The lowest BCUT2D eigenvalue weighted by molar-refractivity contribution is -0.384. The zero-order chi connectivity index (χ0) is 19.4. The van der Waals surface area contributed by atoms with Crippen LogP contribution in [0.25, 0.3) is 0 Å². The number of nitro groups is 1. The van der Waals surface area contributed by atoms with Crippen LogP contribution in [-0.2, 0) is 11.3 Å². The van der Waals surface area contributed by atoms with Crippen molar-refractivity contribution in [3.8, 4) is 5.75 Å². The molecule has 1 N–H and O–H groups in total. The van der Waals surface area contributed by atoms with Crippen molar-refractivity contribution >= 4 is 28.9 Å². The lowest BCUT2D eigenvalue weighted by Gasteiger charge is -2.14. The van der Waals surface area contributed by atoms with E-state index in [-0.39, 0.29) is 17.3 Å². The molecule has 1 atom stereocenters. The van der Waals surface area contributed by atoms with E-state index < -0.39 is 10.8 Å². The van der Waals surface area contributed by atoms with E-state index in [0.29, 0.717) is 29.6 Å². The standard InChI is InChI=1S/C17H21ClN4O4/c1-5-26-13-6-7-14(15(8-13)22(24)25)19-17(23)10(2)9-21-12(4)16(18)11(3)20-21/h6-8,10H,5,9H2,1-4H3,(H,19,23). The summed E-state index contributed by atoms with van der Waals surface area (Å²) in [4.78, 5) is 23.2. The van der Waals surface area contributed by atoms with Gasteiger partial charge >= 0.3 is 0 Å². The third-order valence-electron chi connectivity index (χ3n) is 3.92. The number of halogens is 1. The summed E-state index contributed by atoms with van der Waals surface area (Å²) in [5.74, 6) is -0.432. The number of aryl methyl sites for hydroxylation is 1. The van der Waals surface area contributed by atoms with Crippen LogP contribution in [0.1, 0.15) is 25.2 Å². The summed E-state index contributed by atoms with van der Waals surface area (Å²) in [6.45, 7) is 7.83. The molecular weight excluding hydrogens is 360 g/mol. The van der Waals surface area contributed by atoms with Crippen LogP contribution < -0.4 is 10.1 Å². The number of nitrogens with zero attached hydrogens (tertiary/aromatic N) is 3. The number of aromatic nitrogens is 2. The average molecular weight is 381 g/mol. The van der Waals surface area contributed by atoms with Crippen LogP contribution in [0.5, 0.6) is 5.75 Å². The predicted octanol–water partition coefficient (Wildman–Crippen LogP) is 3.74. The molecule has 26 heavy (non-hydrogen) atoms. The lowest BCUT2D eigenvalue weighted by atomic mass is 10.1. The van der Waals surface area contributed by atoms with Crippen molar-refractivity contribution in [1.82, 2.24) is 9.78 Å². The minimum atomic E-state index is -0.552. The Bertz CT molecular complexity index is 834. The highest BCUT2D eigenvalue weighted by Crippen LogP contribution is 2.29. The first-order valence-corrected chi connectivity index (χ1v) is 8.54. The van der Waals surface area contributed by atoms with Crippen LogP contribution in [0, 0.1) is 29.9 Å². The van der Waals surface area contributed by atoms with Gasteiger partial charge in [-0.2, -0.15) is 5.10 Å².